The van der Waals surface area contributed by atoms with E-state index in [1.165, 1.54) is 77.0 Å². The Kier molecular flexibility index (Phi) is 35.3. The SMILES string of the molecule is CCCCC/C=C\C/C=C\C/C=C\CCCCCCC(=O)OC[C@H](COP(=O)(O)O)OC(=O)CCCCCCCCC/C=C\CCCCCC. The van der Waals surface area contributed by atoms with E-state index < -0.39 is 32.5 Å². The van der Waals surface area contributed by atoms with Gasteiger partial charge < -0.3 is 19.3 Å². The van der Waals surface area contributed by atoms with E-state index in [2.05, 4.69) is 67.0 Å². The molecule has 0 aromatic heterocycles. The molecule has 0 saturated carbocycles. The maximum absolute atomic E-state index is 12.4. The number of unbranched alkanes of at least 4 members (excludes halogenated alkanes) is 18. The smallest absolute Gasteiger partial charge is 0.462 e. The number of hydrogen-bond donors (Lipinski definition) is 2. The highest BCUT2D eigenvalue weighted by Gasteiger charge is 2.22. The minimum Gasteiger partial charge on any atom is -0.462 e. The predicted octanol–water partition coefficient (Wildman–Crippen LogP) is 12.0. The maximum Gasteiger partial charge on any atom is 0.469 e. The molecular weight excluding hydrogens is 651 g/mol. The Hall–Kier alpha value is -1.99. The third-order valence-electron chi connectivity index (χ3n) is 8.32. The van der Waals surface area contributed by atoms with Gasteiger partial charge in [0.15, 0.2) is 6.10 Å². The summed E-state index contributed by atoms with van der Waals surface area (Å²) < 4.78 is 26.3. The number of phosphoric ester groups is 1. The summed E-state index contributed by atoms with van der Waals surface area (Å²) in [5.41, 5.74) is 0. The summed E-state index contributed by atoms with van der Waals surface area (Å²) in [6, 6.07) is 0. The predicted molar refractivity (Wildman–Crippen MR) is 207 cm³/mol. The van der Waals surface area contributed by atoms with Gasteiger partial charge >= 0.3 is 19.8 Å². The van der Waals surface area contributed by atoms with Crippen molar-refractivity contribution in [3.8, 4) is 0 Å². The van der Waals surface area contributed by atoms with Crippen LogP contribution < -0.4 is 0 Å². The lowest BCUT2D eigenvalue weighted by molar-refractivity contribution is -0.161. The van der Waals surface area contributed by atoms with Crippen molar-refractivity contribution >= 4 is 19.8 Å². The second-order valence-electron chi connectivity index (χ2n) is 13.2. The number of carbonyl (C=O) groups is 2. The lowest BCUT2D eigenvalue weighted by Gasteiger charge is -2.18. The molecule has 0 aromatic rings. The standard InChI is InChI=1S/C41H73O8P/c1-3-5-7-9-11-13-15-17-19-20-22-23-25-27-29-31-33-35-40(42)47-37-39(38-48-50(44,45)46)49-41(43)36-34-32-30-28-26-24-21-18-16-14-12-10-8-6-4-2/h11,13-14,16-17,19,22-23,39H,3-10,12,15,18,20-21,24-38H2,1-2H3,(H2,44,45,46)/b13-11-,16-14-,19-17-,23-22-/t39-/m1/s1. The van der Waals surface area contributed by atoms with Crippen molar-refractivity contribution in [3.63, 3.8) is 0 Å². The highest BCUT2D eigenvalue weighted by molar-refractivity contribution is 7.46. The van der Waals surface area contributed by atoms with Crippen LogP contribution in [0.25, 0.3) is 0 Å². The molecule has 0 aliphatic carbocycles. The van der Waals surface area contributed by atoms with Crippen LogP contribution in [-0.4, -0.2) is 41.0 Å². The molecule has 0 amide bonds. The number of phosphoric acid groups is 1. The van der Waals surface area contributed by atoms with Gasteiger partial charge in [0.1, 0.15) is 6.61 Å². The number of allylic oxidation sites excluding steroid dienone is 8. The number of carbonyl (C=O) groups excluding carboxylic acids is 2. The Bertz CT molecular complexity index is 952. The highest BCUT2D eigenvalue weighted by atomic mass is 31.2. The van der Waals surface area contributed by atoms with Crippen LogP contribution in [-0.2, 0) is 28.2 Å². The first-order valence-electron chi connectivity index (χ1n) is 19.9. The van der Waals surface area contributed by atoms with Crippen molar-refractivity contribution in [2.45, 2.75) is 187 Å². The fourth-order valence-electron chi connectivity index (χ4n) is 5.31. The van der Waals surface area contributed by atoms with Gasteiger partial charge in [-0.1, -0.05) is 140 Å². The monoisotopic (exact) mass is 725 g/mol. The second kappa shape index (κ2) is 36.8. The van der Waals surface area contributed by atoms with Gasteiger partial charge in [0.05, 0.1) is 6.61 Å². The summed E-state index contributed by atoms with van der Waals surface area (Å²) in [7, 11) is -4.76. The number of hydrogen-bond acceptors (Lipinski definition) is 6. The third kappa shape index (κ3) is 38.8. The molecule has 0 radical (unpaired) electrons. The van der Waals surface area contributed by atoms with Gasteiger partial charge in [-0.3, -0.25) is 14.1 Å². The Labute approximate surface area is 305 Å². The Balaban J connectivity index is 4.00. The van der Waals surface area contributed by atoms with Gasteiger partial charge in [-0.05, 0) is 77.0 Å². The van der Waals surface area contributed by atoms with Crippen LogP contribution in [0.15, 0.2) is 48.6 Å². The fraction of sp³-hybridized carbons (Fsp3) is 0.756. The third-order valence-corrected chi connectivity index (χ3v) is 8.81. The first-order chi connectivity index (χ1) is 24.3. The lowest BCUT2D eigenvalue weighted by Crippen LogP contribution is -2.29. The van der Waals surface area contributed by atoms with Gasteiger partial charge in [-0.25, -0.2) is 4.57 Å². The molecule has 9 heteroatoms. The summed E-state index contributed by atoms with van der Waals surface area (Å²) in [5.74, 6) is -0.916. The van der Waals surface area contributed by atoms with Crippen molar-refractivity contribution in [2.24, 2.45) is 0 Å². The van der Waals surface area contributed by atoms with Crippen LogP contribution in [0.3, 0.4) is 0 Å². The van der Waals surface area contributed by atoms with E-state index in [-0.39, 0.29) is 19.4 Å². The molecule has 0 unspecified atom stereocenters. The molecular formula is C41H73O8P. The molecule has 0 fully saturated rings. The summed E-state index contributed by atoms with van der Waals surface area (Å²) in [5, 5.41) is 0. The van der Waals surface area contributed by atoms with E-state index in [9.17, 15) is 14.2 Å². The Morgan fingerprint density at radius 2 is 0.900 bits per heavy atom. The molecule has 0 aliphatic heterocycles. The number of ether oxygens (including phenoxy) is 2. The molecule has 1 atom stereocenters. The van der Waals surface area contributed by atoms with Crippen LogP contribution in [0.2, 0.25) is 0 Å². The molecule has 8 nitrogen and oxygen atoms in total. The summed E-state index contributed by atoms with van der Waals surface area (Å²) in [4.78, 5) is 42.8. The second-order valence-corrected chi connectivity index (χ2v) is 14.5. The van der Waals surface area contributed by atoms with Crippen molar-refractivity contribution in [1.82, 2.24) is 0 Å². The maximum atomic E-state index is 12.4. The Morgan fingerprint density at radius 3 is 1.40 bits per heavy atom. The molecule has 0 bridgehead atoms. The number of esters is 2. The van der Waals surface area contributed by atoms with E-state index in [1.54, 1.807) is 0 Å². The summed E-state index contributed by atoms with van der Waals surface area (Å²) in [6.45, 7) is 3.61. The van der Waals surface area contributed by atoms with E-state index in [4.69, 9.17) is 19.3 Å². The van der Waals surface area contributed by atoms with Crippen LogP contribution in [0.5, 0.6) is 0 Å². The van der Waals surface area contributed by atoms with Crippen molar-refractivity contribution in [3.05, 3.63) is 48.6 Å². The first-order valence-corrected chi connectivity index (χ1v) is 21.5. The largest absolute Gasteiger partial charge is 0.469 e. The van der Waals surface area contributed by atoms with Gasteiger partial charge in [-0.2, -0.15) is 0 Å². The molecule has 50 heavy (non-hydrogen) atoms. The van der Waals surface area contributed by atoms with E-state index in [0.717, 1.165) is 64.2 Å². The normalized spacial score (nSPS) is 13.0. The first kappa shape index (κ1) is 48.0. The zero-order valence-corrected chi connectivity index (χ0v) is 32.7. The topological polar surface area (TPSA) is 119 Å². The van der Waals surface area contributed by atoms with E-state index in [1.807, 2.05) is 0 Å². The van der Waals surface area contributed by atoms with Crippen LogP contribution >= 0.6 is 7.82 Å². The highest BCUT2D eigenvalue weighted by Crippen LogP contribution is 2.36. The Morgan fingerprint density at radius 1 is 0.520 bits per heavy atom. The van der Waals surface area contributed by atoms with Crippen molar-refractivity contribution < 1.29 is 37.9 Å². The van der Waals surface area contributed by atoms with Gasteiger partial charge in [-0.15, -0.1) is 0 Å². The molecule has 0 heterocycles. The fourth-order valence-corrected chi connectivity index (χ4v) is 5.67. The van der Waals surface area contributed by atoms with E-state index >= 15 is 0 Å². The minimum absolute atomic E-state index is 0.201. The summed E-state index contributed by atoms with van der Waals surface area (Å²) in [6.07, 6.45) is 43.9. The van der Waals surface area contributed by atoms with Crippen LogP contribution in [0, 0.1) is 0 Å². The quantitative estimate of drug-likeness (QED) is 0.0284. The lowest BCUT2D eigenvalue weighted by atomic mass is 10.1. The molecule has 0 aromatic carbocycles. The van der Waals surface area contributed by atoms with Crippen molar-refractivity contribution in [2.75, 3.05) is 13.2 Å². The zero-order chi connectivity index (χ0) is 36.8. The molecule has 0 saturated heterocycles. The molecule has 290 valence electrons. The molecule has 2 N–H and O–H groups in total. The van der Waals surface area contributed by atoms with E-state index in [0.29, 0.717) is 12.8 Å². The van der Waals surface area contributed by atoms with Crippen LogP contribution in [0.4, 0.5) is 0 Å². The van der Waals surface area contributed by atoms with Gasteiger partial charge in [0, 0.05) is 12.8 Å². The zero-order valence-electron chi connectivity index (χ0n) is 31.8. The molecule has 0 aliphatic rings. The summed E-state index contributed by atoms with van der Waals surface area (Å²) >= 11 is 0. The molecule has 0 spiro atoms. The average molecular weight is 725 g/mol. The van der Waals surface area contributed by atoms with Gasteiger partial charge in [0.2, 0.25) is 0 Å². The minimum atomic E-state index is -4.76. The number of rotatable bonds is 36. The average Bonchev–Trinajstić information content (AvgIpc) is 3.08. The molecule has 0 rings (SSSR count). The van der Waals surface area contributed by atoms with Gasteiger partial charge in [0.25, 0.3) is 0 Å². The van der Waals surface area contributed by atoms with Crippen LogP contribution in [0.1, 0.15) is 181 Å². The van der Waals surface area contributed by atoms with Crippen molar-refractivity contribution in [1.29, 1.82) is 0 Å².